The largest absolute Gasteiger partial charge is 0.456 e. The molecular weight excluding hydrogens is 679 g/mol. The van der Waals surface area contributed by atoms with Crippen LogP contribution >= 0.6 is 0 Å². The van der Waals surface area contributed by atoms with Crippen molar-refractivity contribution < 1.29 is 4.42 Å². The molecule has 0 amide bonds. The van der Waals surface area contributed by atoms with Gasteiger partial charge in [-0.3, -0.25) is 0 Å². The smallest absolute Gasteiger partial charge is 0.136 e. The minimum Gasteiger partial charge on any atom is -0.456 e. The lowest BCUT2D eigenvalue weighted by atomic mass is 9.82. The Morgan fingerprint density at radius 3 is 1.71 bits per heavy atom. The van der Waals surface area contributed by atoms with Gasteiger partial charge in [0, 0.05) is 38.5 Å². The van der Waals surface area contributed by atoms with E-state index < -0.39 is 0 Å². The second kappa shape index (κ2) is 11.9. The fourth-order valence-corrected chi connectivity index (χ4v) is 9.96. The van der Waals surface area contributed by atoms with Crippen molar-refractivity contribution in [2.24, 2.45) is 0 Å². The normalized spacial score (nSPS) is 14.4. The van der Waals surface area contributed by atoms with Crippen molar-refractivity contribution in [2.75, 3.05) is 4.90 Å². The molecule has 0 radical (unpaired) electrons. The van der Waals surface area contributed by atoms with Crippen molar-refractivity contribution in [1.29, 1.82) is 0 Å². The standard InChI is InChI=1S/C54H41NO/c1-53(2)43-22-8-5-17-40(43)50-39(20-12-24-45(50)53)35-15-11-16-37(33-35)55(47-26-14-25-46-52(47)41-18-6-9-23-44(41)54(46,3)4)36-31-29-34(30-32-36)38-21-13-28-49-51(38)42-19-7-10-27-48(42)56-49/h5-33H,1-4H3. The predicted octanol–water partition coefficient (Wildman–Crippen LogP) is 15.0. The van der Waals surface area contributed by atoms with E-state index in [9.17, 15) is 0 Å². The molecule has 11 rings (SSSR count). The number of fused-ring (bicyclic) bond motifs is 9. The molecule has 2 aliphatic carbocycles. The highest BCUT2D eigenvalue weighted by molar-refractivity contribution is 6.12. The quantitative estimate of drug-likeness (QED) is 0.176. The Hall–Kier alpha value is -6.64. The number of para-hydroxylation sites is 1. The molecule has 0 N–H and O–H groups in total. The Morgan fingerprint density at radius 2 is 0.946 bits per heavy atom. The number of furan rings is 1. The summed E-state index contributed by atoms with van der Waals surface area (Å²) in [7, 11) is 0. The predicted molar refractivity (Wildman–Crippen MR) is 234 cm³/mol. The number of anilines is 3. The molecule has 0 unspecified atom stereocenters. The van der Waals surface area contributed by atoms with Gasteiger partial charge in [-0.15, -0.1) is 0 Å². The van der Waals surface area contributed by atoms with Crippen LogP contribution in [0.2, 0.25) is 0 Å². The van der Waals surface area contributed by atoms with Crippen molar-refractivity contribution in [3.05, 3.63) is 198 Å². The van der Waals surface area contributed by atoms with E-state index in [1.165, 1.54) is 66.9 Å². The summed E-state index contributed by atoms with van der Waals surface area (Å²) in [6.45, 7) is 9.43. The van der Waals surface area contributed by atoms with Gasteiger partial charge in [0.1, 0.15) is 11.2 Å². The lowest BCUT2D eigenvalue weighted by Crippen LogP contribution is -2.16. The van der Waals surface area contributed by atoms with Crippen molar-refractivity contribution in [3.63, 3.8) is 0 Å². The van der Waals surface area contributed by atoms with E-state index in [1.807, 2.05) is 6.07 Å². The molecule has 2 aliphatic rings. The first-order valence-corrected chi connectivity index (χ1v) is 19.7. The number of rotatable bonds is 5. The van der Waals surface area contributed by atoms with Crippen molar-refractivity contribution in [3.8, 4) is 44.5 Å². The van der Waals surface area contributed by atoms with Crippen LogP contribution in [-0.2, 0) is 10.8 Å². The fourth-order valence-electron chi connectivity index (χ4n) is 9.96. The van der Waals surface area contributed by atoms with E-state index in [0.717, 1.165) is 38.9 Å². The lowest BCUT2D eigenvalue weighted by Gasteiger charge is -2.29. The molecule has 0 spiro atoms. The SMILES string of the molecule is CC1(C)c2ccccc2-c2c(-c3cccc(N(c4ccc(-c5cccc6oc7ccccc7c56)cc4)c4cccc5c4-c4ccccc4C5(C)C)c3)cccc21. The molecule has 8 aromatic carbocycles. The van der Waals surface area contributed by atoms with Gasteiger partial charge in [0.15, 0.2) is 0 Å². The Labute approximate surface area is 328 Å². The molecule has 0 aliphatic heterocycles. The molecule has 9 aromatic rings. The molecule has 1 heterocycles. The molecule has 56 heavy (non-hydrogen) atoms. The average molecular weight is 720 g/mol. The van der Waals surface area contributed by atoms with Gasteiger partial charge in [-0.1, -0.05) is 161 Å². The Balaban J connectivity index is 1.11. The van der Waals surface area contributed by atoms with Crippen LogP contribution in [0.1, 0.15) is 49.9 Å². The van der Waals surface area contributed by atoms with Gasteiger partial charge in [-0.25, -0.2) is 0 Å². The summed E-state index contributed by atoms with van der Waals surface area (Å²) in [5, 5.41) is 2.29. The summed E-state index contributed by atoms with van der Waals surface area (Å²) >= 11 is 0. The molecule has 0 atom stereocenters. The maximum atomic E-state index is 6.28. The van der Waals surface area contributed by atoms with Crippen molar-refractivity contribution in [1.82, 2.24) is 0 Å². The first-order chi connectivity index (χ1) is 27.3. The maximum absolute atomic E-state index is 6.28. The van der Waals surface area contributed by atoms with Gasteiger partial charge in [0.2, 0.25) is 0 Å². The first-order valence-electron chi connectivity index (χ1n) is 19.7. The van der Waals surface area contributed by atoms with Crippen LogP contribution in [0, 0.1) is 0 Å². The number of benzene rings is 8. The molecule has 0 fully saturated rings. The minimum absolute atomic E-state index is 0.0643. The van der Waals surface area contributed by atoms with Crippen LogP contribution in [0.4, 0.5) is 17.1 Å². The molecule has 0 saturated heterocycles. The number of nitrogens with zero attached hydrogens (tertiary/aromatic N) is 1. The molecule has 2 heteroatoms. The summed E-state index contributed by atoms with van der Waals surface area (Å²) in [5.41, 5.74) is 20.6. The molecule has 2 nitrogen and oxygen atoms in total. The maximum Gasteiger partial charge on any atom is 0.136 e. The third kappa shape index (κ3) is 4.62. The Bertz CT molecular complexity index is 3030. The van der Waals surface area contributed by atoms with Crippen LogP contribution in [0.15, 0.2) is 180 Å². The minimum atomic E-state index is -0.115. The van der Waals surface area contributed by atoms with Crippen LogP contribution in [0.3, 0.4) is 0 Å². The van der Waals surface area contributed by atoms with E-state index >= 15 is 0 Å². The van der Waals surface area contributed by atoms with Crippen LogP contribution in [-0.4, -0.2) is 0 Å². The van der Waals surface area contributed by atoms with Crippen LogP contribution in [0.5, 0.6) is 0 Å². The fraction of sp³-hybridized carbons (Fsp3) is 0.111. The highest BCUT2D eigenvalue weighted by Crippen LogP contribution is 2.55. The third-order valence-corrected chi connectivity index (χ3v) is 12.7. The summed E-state index contributed by atoms with van der Waals surface area (Å²) in [6, 6.07) is 64.6. The summed E-state index contributed by atoms with van der Waals surface area (Å²) in [6.07, 6.45) is 0. The topological polar surface area (TPSA) is 16.4 Å². The molecule has 1 aromatic heterocycles. The highest BCUT2D eigenvalue weighted by Gasteiger charge is 2.39. The van der Waals surface area contributed by atoms with Gasteiger partial charge in [0.05, 0.1) is 5.69 Å². The summed E-state index contributed by atoms with van der Waals surface area (Å²) in [4.78, 5) is 2.47. The average Bonchev–Trinajstić information content (AvgIpc) is 3.82. The van der Waals surface area contributed by atoms with Crippen LogP contribution in [0.25, 0.3) is 66.4 Å². The van der Waals surface area contributed by atoms with E-state index in [0.29, 0.717) is 0 Å². The zero-order valence-corrected chi connectivity index (χ0v) is 32.1. The van der Waals surface area contributed by atoms with Gasteiger partial charge in [-0.2, -0.15) is 0 Å². The van der Waals surface area contributed by atoms with Gasteiger partial charge < -0.3 is 9.32 Å². The Kier molecular flexibility index (Phi) is 6.98. The van der Waals surface area contributed by atoms with E-state index in [2.05, 4.69) is 202 Å². The monoisotopic (exact) mass is 719 g/mol. The summed E-state index contributed by atoms with van der Waals surface area (Å²) in [5.74, 6) is 0. The molecular formula is C54H41NO. The second-order valence-electron chi connectivity index (χ2n) is 16.5. The Morgan fingerprint density at radius 1 is 0.393 bits per heavy atom. The van der Waals surface area contributed by atoms with Gasteiger partial charge in [-0.05, 0) is 104 Å². The third-order valence-electron chi connectivity index (χ3n) is 12.7. The van der Waals surface area contributed by atoms with Crippen molar-refractivity contribution >= 4 is 39.0 Å². The van der Waals surface area contributed by atoms with Crippen LogP contribution < -0.4 is 4.90 Å². The van der Waals surface area contributed by atoms with Gasteiger partial charge >= 0.3 is 0 Å². The second-order valence-corrected chi connectivity index (χ2v) is 16.5. The lowest BCUT2D eigenvalue weighted by molar-refractivity contribution is 0.660. The molecule has 0 bridgehead atoms. The van der Waals surface area contributed by atoms with E-state index in [4.69, 9.17) is 4.42 Å². The van der Waals surface area contributed by atoms with Crippen molar-refractivity contribution in [2.45, 2.75) is 38.5 Å². The zero-order chi connectivity index (χ0) is 37.8. The van der Waals surface area contributed by atoms with Gasteiger partial charge in [0.25, 0.3) is 0 Å². The highest BCUT2D eigenvalue weighted by atomic mass is 16.3. The molecule has 268 valence electrons. The first kappa shape index (κ1) is 32.8. The van der Waals surface area contributed by atoms with E-state index in [1.54, 1.807) is 0 Å². The number of hydrogen-bond acceptors (Lipinski definition) is 2. The molecule has 0 saturated carbocycles. The number of hydrogen-bond donors (Lipinski definition) is 0. The van der Waals surface area contributed by atoms with E-state index in [-0.39, 0.29) is 10.8 Å². The zero-order valence-electron chi connectivity index (χ0n) is 32.1. The summed E-state index contributed by atoms with van der Waals surface area (Å²) < 4.78 is 6.28.